The van der Waals surface area contributed by atoms with Gasteiger partial charge in [-0.1, -0.05) is 13.0 Å². The molecular formula is C26H26F6N2O2. The number of nitriles is 1. The summed E-state index contributed by atoms with van der Waals surface area (Å²) in [6, 6.07) is 6.27. The van der Waals surface area contributed by atoms with E-state index < -0.39 is 47.5 Å². The van der Waals surface area contributed by atoms with E-state index >= 15 is 0 Å². The lowest BCUT2D eigenvalue weighted by Gasteiger charge is -2.42. The molecule has 36 heavy (non-hydrogen) atoms. The number of halogens is 6. The Bertz CT molecular complexity index is 1150. The smallest absolute Gasteiger partial charge is 0.416 e. The van der Waals surface area contributed by atoms with Crippen molar-refractivity contribution in [1.82, 2.24) is 0 Å². The van der Waals surface area contributed by atoms with E-state index in [1.165, 1.54) is 4.90 Å². The first-order chi connectivity index (χ1) is 16.7. The van der Waals surface area contributed by atoms with Crippen LogP contribution in [0.25, 0.3) is 0 Å². The van der Waals surface area contributed by atoms with E-state index in [0.717, 1.165) is 11.1 Å². The standard InChI is InChI=1S/C26H26F6N2O2/c1-5-19-12-20(21-7-14(3)15(4)8-23(21)34(19)24(35)36-6-2)22(13-33)16-9-17(25(27,28)29)11-18(10-16)26(30,31)32/h7-11,19-20,22H,5-6,12H2,1-4H3/t19-,20+,22?/m0/s1. The molecule has 3 atom stereocenters. The van der Waals surface area contributed by atoms with Gasteiger partial charge in [0.25, 0.3) is 0 Å². The number of rotatable bonds is 4. The SMILES string of the molecule is CCOC(=O)N1c2cc(C)c(C)cc2[C@H](C(C#N)c2cc(C(F)(F)F)cc(C(F)(F)F)c2)C[C@@H]1CC. The Balaban J connectivity index is 2.24. The molecule has 2 aromatic rings. The van der Waals surface area contributed by atoms with Crippen LogP contribution in [0.2, 0.25) is 0 Å². The molecule has 0 spiro atoms. The number of hydrogen-bond donors (Lipinski definition) is 0. The number of carbonyl (C=O) groups is 1. The molecule has 1 amide bonds. The van der Waals surface area contributed by atoms with Gasteiger partial charge in [0.15, 0.2) is 0 Å². The highest BCUT2D eigenvalue weighted by Crippen LogP contribution is 2.48. The number of benzene rings is 2. The van der Waals surface area contributed by atoms with E-state index in [4.69, 9.17) is 4.74 Å². The zero-order chi connectivity index (χ0) is 27.0. The molecule has 1 aliphatic heterocycles. The van der Waals surface area contributed by atoms with Crippen molar-refractivity contribution < 1.29 is 35.9 Å². The van der Waals surface area contributed by atoms with Gasteiger partial charge < -0.3 is 4.74 Å². The number of amides is 1. The van der Waals surface area contributed by atoms with Crippen LogP contribution < -0.4 is 4.90 Å². The van der Waals surface area contributed by atoms with Crippen LogP contribution in [0.15, 0.2) is 30.3 Å². The first kappa shape index (κ1) is 27.4. The van der Waals surface area contributed by atoms with Gasteiger partial charge in [0, 0.05) is 12.0 Å². The molecule has 0 radical (unpaired) electrons. The summed E-state index contributed by atoms with van der Waals surface area (Å²) in [5.74, 6) is -2.06. The number of alkyl halides is 6. The molecule has 1 aliphatic rings. The Morgan fingerprint density at radius 3 is 2.06 bits per heavy atom. The topological polar surface area (TPSA) is 53.3 Å². The van der Waals surface area contributed by atoms with Crippen molar-refractivity contribution in [1.29, 1.82) is 5.26 Å². The highest BCUT2D eigenvalue weighted by Gasteiger charge is 2.42. The summed E-state index contributed by atoms with van der Waals surface area (Å²) >= 11 is 0. The molecule has 194 valence electrons. The average molecular weight is 512 g/mol. The van der Waals surface area contributed by atoms with E-state index in [0.29, 0.717) is 29.8 Å². The molecule has 0 bridgehead atoms. The number of aryl methyl sites for hydroxylation is 2. The third-order valence-corrected chi connectivity index (χ3v) is 6.64. The van der Waals surface area contributed by atoms with Gasteiger partial charge in [0.1, 0.15) is 0 Å². The normalized spacial score (nSPS) is 18.9. The summed E-state index contributed by atoms with van der Waals surface area (Å²) in [7, 11) is 0. The Labute approximate surface area is 205 Å². The van der Waals surface area contributed by atoms with Crippen molar-refractivity contribution >= 4 is 11.8 Å². The number of hydrogen-bond acceptors (Lipinski definition) is 3. The van der Waals surface area contributed by atoms with Crippen LogP contribution in [-0.4, -0.2) is 18.7 Å². The van der Waals surface area contributed by atoms with Gasteiger partial charge >= 0.3 is 18.4 Å². The monoisotopic (exact) mass is 512 g/mol. The number of anilines is 1. The molecule has 4 nitrogen and oxygen atoms in total. The number of nitrogens with zero attached hydrogens (tertiary/aromatic N) is 2. The maximum absolute atomic E-state index is 13.5. The Hall–Kier alpha value is -3.22. The van der Waals surface area contributed by atoms with Crippen molar-refractivity contribution in [3.63, 3.8) is 0 Å². The Morgan fingerprint density at radius 1 is 1.03 bits per heavy atom. The van der Waals surface area contributed by atoms with Gasteiger partial charge in [0.2, 0.25) is 0 Å². The third-order valence-electron chi connectivity index (χ3n) is 6.64. The van der Waals surface area contributed by atoms with Gasteiger partial charge in [-0.25, -0.2) is 4.79 Å². The van der Waals surface area contributed by atoms with Crippen LogP contribution in [0.4, 0.5) is 36.8 Å². The largest absolute Gasteiger partial charge is 0.449 e. The van der Waals surface area contributed by atoms with Crippen molar-refractivity contribution in [2.45, 2.75) is 70.8 Å². The molecule has 3 rings (SSSR count). The van der Waals surface area contributed by atoms with E-state index in [-0.39, 0.29) is 24.7 Å². The molecule has 2 aromatic carbocycles. The molecule has 1 unspecified atom stereocenters. The van der Waals surface area contributed by atoms with Crippen molar-refractivity contribution in [2.24, 2.45) is 0 Å². The van der Waals surface area contributed by atoms with Crippen LogP contribution in [0.1, 0.15) is 71.9 Å². The van der Waals surface area contributed by atoms with Gasteiger partial charge in [-0.2, -0.15) is 31.6 Å². The minimum atomic E-state index is -5.03. The molecule has 0 fully saturated rings. The van der Waals surface area contributed by atoms with Crippen LogP contribution >= 0.6 is 0 Å². The van der Waals surface area contributed by atoms with Gasteiger partial charge in [-0.3, -0.25) is 4.90 Å². The van der Waals surface area contributed by atoms with Crippen molar-refractivity contribution in [3.05, 3.63) is 63.7 Å². The first-order valence-corrected chi connectivity index (χ1v) is 11.5. The summed E-state index contributed by atoms with van der Waals surface area (Å²) in [4.78, 5) is 14.3. The van der Waals surface area contributed by atoms with E-state index in [1.807, 2.05) is 19.9 Å². The van der Waals surface area contributed by atoms with Crippen LogP contribution in [0.5, 0.6) is 0 Å². The highest BCUT2D eigenvalue weighted by molar-refractivity contribution is 5.90. The van der Waals surface area contributed by atoms with Crippen LogP contribution in [0.3, 0.4) is 0 Å². The lowest BCUT2D eigenvalue weighted by Crippen LogP contribution is -2.45. The fourth-order valence-electron chi connectivity index (χ4n) is 4.71. The van der Waals surface area contributed by atoms with Crippen LogP contribution in [0, 0.1) is 25.2 Å². The van der Waals surface area contributed by atoms with E-state index in [2.05, 4.69) is 0 Å². The van der Waals surface area contributed by atoms with E-state index in [1.54, 1.807) is 26.0 Å². The lowest BCUT2D eigenvalue weighted by molar-refractivity contribution is -0.143. The van der Waals surface area contributed by atoms with Crippen molar-refractivity contribution in [2.75, 3.05) is 11.5 Å². The second-order valence-electron chi connectivity index (χ2n) is 8.91. The molecular weight excluding hydrogens is 486 g/mol. The maximum atomic E-state index is 13.5. The molecule has 10 heteroatoms. The predicted octanol–water partition coefficient (Wildman–Crippen LogP) is 7.88. The summed E-state index contributed by atoms with van der Waals surface area (Å²) in [6.07, 6.45) is -10.0. The molecule has 0 N–H and O–H groups in total. The summed E-state index contributed by atoms with van der Waals surface area (Å²) in [5, 5.41) is 10.1. The summed E-state index contributed by atoms with van der Waals surface area (Å²) in [6.45, 7) is 7.23. The highest BCUT2D eigenvalue weighted by atomic mass is 19.4. The molecule has 0 aromatic heterocycles. The van der Waals surface area contributed by atoms with Crippen molar-refractivity contribution in [3.8, 4) is 6.07 Å². The second-order valence-corrected chi connectivity index (χ2v) is 8.91. The third kappa shape index (κ3) is 5.30. The van der Waals surface area contributed by atoms with Gasteiger partial charge in [-0.15, -0.1) is 0 Å². The zero-order valence-corrected chi connectivity index (χ0v) is 20.2. The first-order valence-electron chi connectivity index (χ1n) is 11.5. The predicted molar refractivity (Wildman–Crippen MR) is 122 cm³/mol. The fraction of sp³-hybridized carbons (Fsp3) is 0.462. The van der Waals surface area contributed by atoms with Gasteiger partial charge in [-0.05, 0) is 80.1 Å². The second kappa shape index (κ2) is 10.0. The number of fused-ring (bicyclic) bond motifs is 1. The molecule has 0 aliphatic carbocycles. The molecule has 0 saturated carbocycles. The average Bonchev–Trinajstić information content (AvgIpc) is 2.79. The fourth-order valence-corrected chi connectivity index (χ4v) is 4.71. The lowest BCUT2D eigenvalue weighted by atomic mass is 9.73. The van der Waals surface area contributed by atoms with Crippen LogP contribution in [-0.2, 0) is 17.1 Å². The summed E-state index contributed by atoms with van der Waals surface area (Å²) < 4.78 is 86.2. The molecule has 1 heterocycles. The summed E-state index contributed by atoms with van der Waals surface area (Å²) in [5.41, 5.74) is -0.697. The van der Waals surface area contributed by atoms with E-state index in [9.17, 15) is 36.4 Å². The number of carbonyl (C=O) groups excluding carboxylic acids is 1. The maximum Gasteiger partial charge on any atom is 0.416 e. The minimum absolute atomic E-state index is 0.0532. The molecule has 0 saturated heterocycles. The number of ether oxygens (including phenoxy) is 1. The Kier molecular flexibility index (Phi) is 7.63. The quantitative estimate of drug-likeness (QED) is 0.392. The minimum Gasteiger partial charge on any atom is -0.449 e. The van der Waals surface area contributed by atoms with Gasteiger partial charge in [0.05, 0.1) is 35.4 Å². The Morgan fingerprint density at radius 2 is 1.58 bits per heavy atom. The zero-order valence-electron chi connectivity index (χ0n) is 20.2.